The maximum absolute atomic E-state index is 11.7. The molecule has 0 saturated heterocycles. The number of carboxylic acid groups (broad SMARTS) is 1. The van der Waals surface area contributed by atoms with Gasteiger partial charge in [-0.15, -0.1) is 0 Å². The van der Waals surface area contributed by atoms with Crippen LogP contribution < -0.4 is 5.32 Å². The minimum absolute atomic E-state index is 0.255. The van der Waals surface area contributed by atoms with Gasteiger partial charge in [0, 0.05) is 6.54 Å². The topological polar surface area (TPSA) is 90.2 Å². The van der Waals surface area contributed by atoms with E-state index in [1.165, 1.54) is 0 Å². The van der Waals surface area contributed by atoms with Gasteiger partial charge in [-0.3, -0.25) is 9.59 Å². The van der Waals surface area contributed by atoms with Crippen LogP contribution in [0.4, 0.5) is 0 Å². The molecule has 0 radical (unpaired) electrons. The Morgan fingerprint density at radius 3 is 2.44 bits per heavy atom. The summed E-state index contributed by atoms with van der Waals surface area (Å²) in [4.78, 5) is 22.5. The van der Waals surface area contributed by atoms with Crippen molar-refractivity contribution in [2.45, 2.75) is 20.8 Å². The summed E-state index contributed by atoms with van der Waals surface area (Å²) in [5, 5.41) is 20.1. The maximum atomic E-state index is 11.7. The number of rotatable bonds is 4. The van der Waals surface area contributed by atoms with Gasteiger partial charge in [0.15, 0.2) is 0 Å². The van der Waals surface area contributed by atoms with Crippen LogP contribution in [0.5, 0.6) is 0 Å². The van der Waals surface area contributed by atoms with Crippen LogP contribution in [0.15, 0.2) is 0 Å². The van der Waals surface area contributed by atoms with Crippen molar-refractivity contribution in [3.63, 3.8) is 0 Å². The van der Waals surface area contributed by atoms with Crippen molar-refractivity contribution >= 4 is 11.9 Å². The number of carbonyl (C=O) groups excluding carboxylic acids is 1. The maximum Gasteiger partial charge on any atom is 0.307 e. The van der Waals surface area contributed by atoms with Gasteiger partial charge in [-0.1, -0.05) is 13.8 Å². The molecular formula is C11H16N2O3. The molecule has 1 aliphatic carbocycles. The van der Waals surface area contributed by atoms with E-state index >= 15 is 0 Å². The molecule has 1 fully saturated rings. The Morgan fingerprint density at radius 1 is 1.50 bits per heavy atom. The molecule has 1 rings (SSSR count). The molecule has 5 heteroatoms. The normalized spacial score (nSPS) is 27.6. The number of carboxylic acids is 1. The fourth-order valence-corrected chi connectivity index (χ4v) is 2.00. The van der Waals surface area contributed by atoms with Crippen LogP contribution in [-0.2, 0) is 9.59 Å². The predicted molar refractivity (Wildman–Crippen MR) is 56.2 cm³/mol. The van der Waals surface area contributed by atoms with Crippen molar-refractivity contribution in [2.24, 2.45) is 23.2 Å². The van der Waals surface area contributed by atoms with E-state index in [-0.39, 0.29) is 18.4 Å². The Labute approximate surface area is 94.4 Å². The SMILES string of the molecule is CC(C#N)CNC(=O)[C@H]1[C@@H](C(=O)O)C1(C)C. The summed E-state index contributed by atoms with van der Waals surface area (Å²) in [7, 11) is 0. The Kier molecular flexibility index (Phi) is 3.22. The number of nitrogens with zero attached hydrogens (tertiary/aromatic N) is 1. The van der Waals surface area contributed by atoms with Gasteiger partial charge in [0.05, 0.1) is 23.8 Å². The van der Waals surface area contributed by atoms with Crippen molar-refractivity contribution in [2.75, 3.05) is 6.54 Å². The lowest BCUT2D eigenvalue weighted by Crippen LogP contribution is -2.30. The van der Waals surface area contributed by atoms with Crippen LogP contribution in [0.3, 0.4) is 0 Å². The van der Waals surface area contributed by atoms with E-state index in [4.69, 9.17) is 10.4 Å². The number of nitriles is 1. The number of amides is 1. The average molecular weight is 224 g/mol. The summed E-state index contributed by atoms with van der Waals surface area (Å²) in [5.41, 5.74) is -0.480. The number of nitrogens with one attached hydrogen (secondary N) is 1. The van der Waals surface area contributed by atoms with E-state index in [2.05, 4.69) is 5.32 Å². The van der Waals surface area contributed by atoms with Crippen LogP contribution in [0.1, 0.15) is 20.8 Å². The lowest BCUT2D eigenvalue weighted by Gasteiger charge is -2.06. The molecule has 88 valence electrons. The van der Waals surface area contributed by atoms with Crippen molar-refractivity contribution < 1.29 is 14.7 Å². The van der Waals surface area contributed by atoms with Crippen molar-refractivity contribution in [3.8, 4) is 6.07 Å². The van der Waals surface area contributed by atoms with Gasteiger partial charge in [0.2, 0.25) is 5.91 Å². The minimum atomic E-state index is -0.932. The van der Waals surface area contributed by atoms with Crippen LogP contribution >= 0.6 is 0 Å². The second kappa shape index (κ2) is 4.12. The largest absolute Gasteiger partial charge is 0.481 e. The monoisotopic (exact) mass is 224 g/mol. The lowest BCUT2D eigenvalue weighted by molar-refractivity contribution is -0.140. The molecule has 2 N–H and O–H groups in total. The highest BCUT2D eigenvalue weighted by Crippen LogP contribution is 2.58. The zero-order valence-corrected chi connectivity index (χ0v) is 9.65. The van der Waals surface area contributed by atoms with Crippen molar-refractivity contribution in [3.05, 3.63) is 0 Å². The van der Waals surface area contributed by atoms with E-state index in [0.29, 0.717) is 0 Å². The second-order valence-electron chi connectivity index (χ2n) is 4.89. The van der Waals surface area contributed by atoms with Crippen molar-refractivity contribution in [1.29, 1.82) is 5.26 Å². The summed E-state index contributed by atoms with van der Waals surface area (Å²) in [6, 6.07) is 2.00. The first kappa shape index (κ1) is 12.5. The molecule has 0 aromatic carbocycles. The van der Waals surface area contributed by atoms with Gasteiger partial charge >= 0.3 is 5.97 Å². The average Bonchev–Trinajstić information content (AvgIpc) is 2.77. The van der Waals surface area contributed by atoms with Crippen LogP contribution in [0, 0.1) is 34.5 Å². The van der Waals surface area contributed by atoms with Gasteiger partial charge in [-0.05, 0) is 12.3 Å². The zero-order valence-electron chi connectivity index (χ0n) is 9.65. The molecule has 0 aromatic heterocycles. The molecule has 0 aliphatic heterocycles. The van der Waals surface area contributed by atoms with Gasteiger partial charge in [-0.25, -0.2) is 0 Å². The van der Waals surface area contributed by atoms with Crippen molar-refractivity contribution in [1.82, 2.24) is 5.32 Å². The van der Waals surface area contributed by atoms with Crippen LogP contribution in [-0.4, -0.2) is 23.5 Å². The fraction of sp³-hybridized carbons (Fsp3) is 0.727. The summed E-state index contributed by atoms with van der Waals surface area (Å²) < 4.78 is 0. The van der Waals surface area contributed by atoms with Gasteiger partial charge in [0.25, 0.3) is 0 Å². The quantitative estimate of drug-likeness (QED) is 0.732. The molecule has 1 amide bonds. The summed E-state index contributed by atoms with van der Waals surface area (Å²) >= 11 is 0. The molecule has 0 heterocycles. The van der Waals surface area contributed by atoms with E-state index in [1.807, 2.05) is 6.07 Å². The predicted octanol–water partition coefficient (Wildman–Crippen LogP) is 0.619. The minimum Gasteiger partial charge on any atom is -0.481 e. The van der Waals surface area contributed by atoms with E-state index < -0.39 is 23.2 Å². The highest BCUT2D eigenvalue weighted by Gasteiger charge is 2.65. The van der Waals surface area contributed by atoms with Gasteiger partial charge in [0.1, 0.15) is 0 Å². The van der Waals surface area contributed by atoms with E-state index in [9.17, 15) is 9.59 Å². The molecule has 1 saturated carbocycles. The molecule has 16 heavy (non-hydrogen) atoms. The second-order valence-corrected chi connectivity index (χ2v) is 4.89. The Hall–Kier alpha value is -1.57. The Bertz CT molecular complexity index is 357. The number of hydrogen-bond acceptors (Lipinski definition) is 3. The molecule has 5 nitrogen and oxygen atoms in total. The lowest BCUT2D eigenvalue weighted by atomic mass is 10.1. The third kappa shape index (κ3) is 2.16. The molecule has 3 atom stereocenters. The first-order chi connectivity index (χ1) is 7.32. The number of carbonyl (C=O) groups is 2. The highest BCUT2D eigenvalue weighted by molar-refractivity contribution is 5.91. The summed E-state index contributed by atoms with van der Waals surface area (Å²) in [6.45, 7) is 5.51. The third-order valence-electron chi connectivity index (χ3n) is 3.18. The highest BCUT2D eigenvalue weighted by atomic mass is 16.4. The number of aliphatic carboxylic acids is 1. The standard InChI is InChI=1S/C11H16N2O3/c1-6(4-12)5-13-9(14)7-8(10(15)16)11(7,2)3/h6-8H,5H2,1-3H3,(H,13,14)(H,15,16)/t6?,7-,8+/m1/s1. The van der Waals surface area contributed by atoms with Crippen LogP contribution in [0.2, 0.25) is 0 Å². The van der Waals surface area contributed by atoms with E-state index in [1.54, 1.807) is 20.8 Å². The smallest absolute Gasteiger partial charge is 0.307 e. The zero-order chi connectivity index (χ0) is 12.5. The molecule has 1 aliphatic rings. The van der Waals surface area contributed by atoms with E-state index in [0.717, 1.165) is 0 Å². The Balaban J connectivity index is 2.52. The molecule has 0 bridgehead atoms. The molecular weight excluding hydrogens is 208 g/mol. The summed E-state index contributed by atoms with van der Waals surface area (Å²) in [6.07, 6.45) is 0. The van der Waals surface area contributed by atoms with Gasteiger partial charge in [-0.2, -0.15) is 5.26 Å². The molecule has 0 aromatic rings. The molecule has 1 unspecified atom stereocenters. The summed E-state index contributed by atoms with van der Waals surface area (Å²) in [5.74, 6) is -2.53. The molecule has 0 spiro atoms. The van der Waals surface area contributed by atoms with Gasteiger partial charge < -0.3 is 10.4 Å². The fourth-order valence-electron chi connectivity index (χ4n) is 2.00. The third-order valence-corrected chi connectivity index (χ3v) is 3.18. The number of hydrogen-bond donors (Lipinski definition) is 2. The Morgan fingerprint density at radius 2 is 2.06 bits per heavy atom. The van der Waals surface area contributed by atoms with Crippen LogP contribution in [0.25, 0.3) is 0 Å². The first-order valence-corrected chi connectivity index (χ1v) is 5.22. The first-order valence-electron chi connectivity index (χ1n) is 5.22.